The Labute approximate surface area is 147 Å². The molecule has 1 fully saturated rings. The largest absolute Gasteiger partial charge is 0.345 e. The van der Waals surface area contributed by atoms with Crippen LogP contribution >= 0.6 is 12.4 Å². The molecular formula is C17H23ClN4O2. The molecule has 1 aliphatic heterocycles. The highest BCUT2D eigenvalue weighted by Crippen LogP contribution is 2.13. The van der Waals surface area contributed by atoms with Gasteiger partial charge < -0.3 is 15.2 Å². The van der Waals surface area contributed by atoms with Gasteiger partial charge in [0.2, 0.25) is 11.8 Å². The highest BCUT2D eigenvalue weighted by molar-refractivity contribution is 5.85. The normalized spacial score (nSPS) is 18.5. The number of nitrogens with one attached hydrogen (secondary N) is 2. The van der Waals surface area contributed by atoms with Crippen LogP contribution in [0.1, 0.15) is 49.5 Å². The van der Waals surface area contributed by atoms with Crippen molar-refractivity contribution in [2.24, 2.45) is 0 Å². The molecule has 2 unspecified atom stereocenters. The van der Waals surface area contributed by atoms with Gasteiger partial charge in [0, 0.05) is 0 Å². The Kier molecular flexibility index (Phi) is 6.75. The third-order valence-corrected chi connectivity index (χ3v) is 4.05. The first-order valence-electron chi connectivity index (χ1n) is 8.12. The molecule has 7 heteroatoms. The molecule has 1 saturated heterocycles. The molecule has 3 rings (SSSR count). The summed E-state index contributed by atoms with van der Waals surface area (Å²) in [5.41, 5.74) is 1.12. The minimum absolute atomic E-state index is 0. The Morgan fingerprint density at radius 1 is 1.38 bits per heavy atom. The van der Waals surface area contributed by atoms with E-state index < -0.39 is 0 Å². The van der Waals surface area contributed by atoms with Gasteiger partial charge in [-0.25, -0.2) is 0 Å². The quantitative estimate of drug-likeness (QED) is 0.865. The van der Waals surface area contributed by atoms with Crippen LogP contribution in [0.4, 0.5) is 0 Å². The van der Waals surface area contributed by atoms with Crippen molar-refractivity contribution in [3.8, 4) is 0 Å². The number of carbonyl (C=O) groups excluding carboxylic acids is 1. The smallest absolute Gasteiger partial charge is 0.237 e. The summed E-state index contributed by atoms with van der Waals surface area (Å²) in [6, 6.07) is 9.59. The third-order valence-electron chi connectivity index (χ3n) is 4.05. The minimum Gasteiger partial charge on any atom is -0.345 e. The molecule has 0 bridgehead atoms. The maximum Gasteiger partial charge on any atom is 0.237 e. The second kappa shape index (κ2) is 8.80. The molecule has 6 nitrogen and oxygen atoms in total. The van der Waals surface area contributed by atoms with E-state index in [-0.39, 0.29) is 30.4 Å². The zero-order valence-electron chi connectivity index (χ0n) is 13.7. The topological polar surface area (TPSA) is 80.0 Å². The molecule has 2 N–H and O–H groups in total. The van der Waals surface area contributed by atoms with Crippen molar-refractivity contribution in [2.45, 2.75) is 44.7 Å². The molecule has 0 spiro atoms. The van der Waals surface area contributed by atoms with Crippen molar-refractivity contribution in [3.63, 3.8) is 0 Å². The zero-order valence-corrected chi connectivity index (χ0v) is 14.5. The number of rotatable bonds is 5. The first kappa shape index (κ1) is 18.4. The van der Waals surface area contributed by atoms with Crippen LogP contribution in [-0.2, 0) is 11.2 Å². The van der Waals surface area contributed by atoms with Crippen molar-refractivity contribution in [3.05, 3.63) is 47.6 Å². The number of benzene rings is 1. The van der Waals surface area contributed by atoms with Crippen molar-refractivity contribution in [1.82, 2.24) is 20.8 Å². The van der Waals surface area contributed by atoms with Crippen LogP contribution in [0.15, 0.2) is 34.9 Å². The van der Waals surface area contributed by atoms with Gasteiger partial charge in [-0.3, -0.25) is 4.79 Å². The minimum atomic E-state index is -0.264. The number of halogens is 1. The number of amides is 1. The summed E-state index contributed by atoms with van der Waals surface area (Å²) in [7, 11) is 0. The average molecular weight is 351 g/mol. The lowest BCUT2D eigenvalue weighted by Gasteiger charge is -2.23. The monoisotopic (exact) mass is 350 g/mol. The van der Waals surface area contributed by atoms with Crippen molar-refractivity contribution >= 4 is 18.3 Å². The van der Waals surface area contributed by atoms with Crippen LogP contribution in [0.5, 0.6) is 0 Å². The molecule has 2 atom stereocenters. The Bertz CT molecular complexity index is 641. The van der Waals surface area contributed by atoms with Crippen molar-refractivity contribution in [1.29, 1.82) is 0 Å². The van der Waals surface area contributed by atoms with E-state index in [4.69, 9.17) is 4.52 Å². The fourth-order valence-electron chi connectivity index (χ4n) is 2.74. The summed E-state index contributed by atoms with van der Waals surface area (Å²) in [5, 5.41) is 10.2. The molecule has 1 aliphatic rings. The van der Waals surface area contributed by atoms with E-state index >= 15 is 0 Å². The van der Waals surface area contributed by atoms with Gasteiger partial charge in [-0.05, 0) is 31.9 Å². The van der Waals surface area contributed by atoms with Gasteiger partial charge in [0.25, 0.3) is 0 Å². The first-order valence-corrected chi connectivity index (χ1v) is 8.12. The number of nitrogens with zero attached hydrogens (tertiary/aromatic N) is 2. The Morgan fingerprint density at radius 2 is 2.17 bits per heavy atom. The molecule has 24 heavy (non-hydrogen) atoms. The number of piperidine rings is 1. The molecule has 0 radical (unpaired) electrons. The van der Waals surface area contributed by atoms with E-state index in [0.29, 0.717) is 18.1 Å². The van der Waals surface area contributed by atoms with Gasteiger partial charge in [-0.1, -0.05) is 41.9 Å². The summed E-state index contributed by atoms with van der Waals surface area (Å²) in [5.74, 6) is 1.08. The van der Waals surface area contributed by atoms with Gasteiger partial charge in [0.15, 0.2) is 5.82 Å². The summed E-state index contributed by atoms with van der Waals surface area (Å²) >= 11 is 0. The Hall–Kier alpha value is -1.92. The molecule has 0 aliphatic carbocycles. The van der Waals surface area contributed by atoms with Crippen LogP contribution in [0.3, 0.4) is 0 Å². The van der Waals surface area contributed by atoms with Gasteiger partial charge in [0.1, 0.15) is 0 Å². The van der Waals surface area contributed by atoms with Crippen molar-refractivity contribution < 1.29 is 9.32 Å². The summed E-state index contributed by atoms with van der Waals surface area (Å²) in [4.78, 5) is 16.6. The highest BCUT2D eigenvalue weighted by Gasteiger charge is 2.23. The predicted octanol–water partition coefficient (Wildman–Crippen LogP) is 2.40. The molecule has 2 heterocycles. The second-order valence-electron chi connectivity index (χ2n) is 5.94. The maximum absolute atomic E-state index is 12.2. The molecule has 0 saturated carbocycles. The molecule has 1 amide bonds. The number of hydrogen-bond donors (Lipinski definition) is 2. The zero-order chi connectivity index (χ0) is 16.1. The molecule has 130 valence electrons. The van der Waals surface area contributed by atoms with Crippen LogP contribution < -0.4 is 10.6 Å². The van der Waals surface area contributed by atoms with E-state index in [0.717, 1.165) is 31.4 Å². The number of aromatic nitrogens is 2. The summed E-state index contributed by atoms with van der Waals surface area (Å²) < 4.78 is 5.29. The third kappa shape index (κ3) is 4.79. The van der Waals surface area contributed by atoms with Crippen LogP contribution in [-0.4, -0.2) is 28.6 Å². The standard InChI is InChI=1S/C17H22N4O2.ClH/c1-12(19-17(22)14-9-5-6-10-18-14)16-20-15(23-21-16)11-13-7-3-2-4-8-13;/h2-4,7-8,12,14,18H,5-6,9-11H2,1H3,(H,19,22);1H. The van der Waals surface area contributed by atoms with Gasteiger partial charge in [-0.15, -0.1) is 12.4 Å². The average Bonchev–Trinajstić information content (AvgIpc) is 3.05. The lowest BCUT2D eigenvalue weighted by molar-refractivity contribution is -0.124. The number of hydrogen-bond acceptors (Lipinski definition) is 5. The first-order chi connectivity index (χ1) is 11.2. The SMILES string of the molecule is CC(NC(=O)C1CCCCN1)c1noc(Cc2ccccc2)n1.Cl. The van der Waals surface area contributed by atoms with Crippen molar-refractivity contribution in [2.75, 3.05) is 6.54 Å². The van der Waals surface area contributed by atoms with E-state index in [1.54, 1.807) is 0 Å². The van der Waals surface area contributed by atoms with E-state index in [1.165, 1.54) is 0 Å². The molecule has 1 aromatic carbocycles. The number of carbonyl (C=O) groups is 1. The van der Waals surface area contributed by atoms with E-state index in [2.05, 4.69) is 20.8 Å². The van der Waals surface area contributed by atoms with E-state index in [1.807, 2.05) is 37.3 Å². The predicted molar refractivity (Wildman–Crippen MR) is 93.0 cm³/mol. The van der Waals surface area contributed by atoms with Gasteiger partial charge >= 0.3 is 0 Å². The highest BCUT2D eigenvalue weighted by atomic mass is 35.5. The fourth-order valence-corrected chi connectivity index (χ4v) is 2.74. The summed E-state index contributed by atoms with van der Waals surface area (Å²) in [6.45, 7) is 2.77. The van der Waals surface area contributed by atoms with Gasteiger partial charge in [-0.2, -0.15) is 4.98 Å². The fraction of sp³-hybridized carbons (Fsp3) is 0.471. The molecule has 1 aromatic heterocycles. The van der Waals surface area contributed by atoms with Crippen LogP contribution in [0.25, 0.3) is 0 Å². The Balaban J connectivity index is 0.00000208. The van der Waals surface area contributed by atoms with Crippen LogP contribution in [0.2, 0.25) is 0 Å². The second-order valence-corrected chi connectivity index (χ2v) is 5.94. The lowest BCUT2D eigenvalue weighted by atomic mass is 10.0. The van der Waals surface area contributed by atoms with E-state index in [9.17, 15) is 4.79 Å². The lowest BCUT2D eigenvalue weighted by Crippen LogP contribution is -2.47. The summed E-state index contributed by atoms with van der Waals surface area (Å²) in [6.07, 6.45) is 3.69. The Morgan fingerprint density at radius 3 is 2.88 bits per heavy atom. The van der Waals surface area contributed by atoms with Crippen LogP contribution in [0, 0.1) is 0 Å². The molecule has 2 aromatic rings. The van der Waals surface area contributed by atoms with Gasteiger partial charge in [0.05, 0.1) is 18.5 Å². The maximum atomic E-state index is 12.2. The molecular weight excluding hydrogens is 328 g/mol.